The van der Waals surface area contributed by atoms with Crippen LogP contribution < -0.4 is 24.3 Å². The minimum absolute atomic E-state index is 0.211. The quantitative estimate of drug-likeness (QED) is 0.700. The number of ether oxygens (including phenoxy) is 4. The number of hydrogen-bond donors (Lipinski definition) is 1. The van der Waals surface area contributed by atoms with E-state index in [9.17, 15) is 4.79 Å². The number of aromatic nitrogens is 1. The third-order valence-corrected chi connectivity index (χ3v) is 4.29. The highest BCUT2D eigenvalue weighted by molar-refractivity contribution is 5.94. The Morgan fingerprint density at radius 2 is 1.86 bits per heavy atom. The molecule has 2 aromatic carbocycles. The largest absolute Gasteiger partial charge is 0.493 e. The number of hydrogen-bond acceptors (Lipinski definition) is 7. The summed E-state index contributed by atoms with van der Waals surface area (Å²) in [6, 6.07) is 12.2. The van der Waals surface area contributed by atoms with Crippen LogP contribution in [-0.2, 0) is 6.54 Å². The minimum atomic E-state index is -0.256. The van der Waals surface area contributed by atoms with E-state index < -0.39 is 0 Å². The topological polar surface area (TPSA) is 92.1 Å². The monoisotopic (exact) mass is 382 g/mol. The summed E-state index contributed by atoms with van der Waals surface area (Å²) in [4.78, 5) is 12.4. The van der Waals surface area contributed by atoms with Crippen LogP contribution in [-0.4, -0.2) is 32.1 Å². The Labute approximate surface area is 160 Å². The summed E-state index contributed by atoms with van der Waals surface area (Å²) in [7, 11) is 3.06. The van der Waals surface area contributed by atoms with Crippen molar-refractivity contribution in [1.82, 2.24) is 10.5 Å². The van der Waals surface area contributed by atoms with Crippen LogP contribution in [0.1, 0.15) is 16.1 Å². The van der Waals surface area contributed by atoms with E-state index in [1.54, 1.807) is 31.4 Å². The average Bonchev–Trinajstić information content (AvgIpc) is 3.40. The molecule has 1 N–H and O–H groups in total. The predicted octanol–water partition coefficient (Wildman–Crippen LogP) is 3.02. The number of nitrogens with one attached hydrogen (secondary N) is 1. The fraction of sp³-hybridized carbons (Fsp3) is 0.200. The van der Waals surface area contributed by atoms with Gasteiger partial charge in [0.2, 0.25) is 6.79 Å². The lowest BCUT2D eigenvalue weighted by Gasteiger charge is -2.09. The Balaban J connectivity index is 1.42. The molecule has 0 atom stereocenters. The Morgan fingerprint density at radius 1 is 1.04 bits per heavy atom. The van der Waals surface area contributed by atoms with Crippen molar-refractivity contribution in [1.29, 1.82) is 0 Å². The molecule has 4 rings (SSSR count). The molecule has 28 heavy (non-hydrogen) atoms. The van der Waals surface area contributed by atoms with Gasteiger partial charge in [-0.3, -0.25) is 4.79 Å². The molecule has 1 amide bonds. The highest BCUT2D eigenvalue weighted by atomic mass is 16.7. The molecule has 1 aliphatic heterocycles. The summed E-state index contributed by atoms with van der Waals surface area (Å²) in [5, 5.41) is 6.81. The Kier molecular flexibility index (Phi) is 4.76. The first-order valence-electron chi connectivity index (χ1n) is 8.54. The highest BCUT2D eigenvalue weighted by Gasteiger charge is 2.16. The average molecular weight is 382 g/mol. The number of methoxy groups -OCH3 is 2. The lowest BCUT2D eigenvalue weighted by Crippen LogP contribution is -2.22. The van der Waals surface area contributed by atoms with Crippen LogP contribution in [0.25, 0.3) is 11.3 Å². The second kappa shape index (κ2) is 7.51. The number of carbonyl (C=O) groups excluding carboxylic acids is 1. The van der Waals surface area contributed by atoms with Crippen molar-refractivity contribution in [2.45, 2.75) is 6.54 Å². The van der Waals surface area contributed by atoms with E-state index in [1.807, 2.05) is 18.2 Å². The second-order valence-corrected chi connectivity index (χ2v) is 6.00. The van der Waals surface area contributed by atoms with Gasteiger partial charge in [-0.05, 0) is 36.4 Å². The Bertz CT molecular complexity index is 1010. The fourth-order valence-electron chi connectivity index (χ4n) is 2.83. The van der Waals surface area contributed by atoms with Crippen LogP contribution in [0.4, 0.5) is 0 Å². The minimum Gasteiger partial charge on any atom is -0.493 e. The van der Waals surface area contributed by atoms with E-state index in [-0.39, 0.29) is 19.2 Å². The standard InChI is InChI=1S/C20H18N2O6/c1-24-15-5-4-13(8-18(15)25-2)20(23)21-10-14-9-17(28-22-14)12-3-6-16-19(7-12)27-11-26-16/h3-9H,10-11H2,1-2H3,(H,21,23). The van der Waals surface area contributed by atoms with E-state index in [1.165, 1.54) is 7.11 Å². The van der Waals surface area contributed by atoms with Crippen LogP contribution in [0.3, 0.4) is 0 Å². The summed E-state index contributed by atoms with van der Waals surface area (Å²) in [5.41, 5.74) is 1.87. The van der Waals surface area contributed by atoms with E-state index in [0.29, 0.717) is 40.0 Å². The van der Waals surface area contributed by atoms with Gasteiger partial charge >= 0.3 is 0 Å². The molecule has 0 spiro atoms. The number of fused-ring (bicyclic) bond motifs is 1. The van der Waals surface area contributed by atoms with Gasteiger partial charge in [-0.15, -0.1) is 0 Å². The molecule has 1 aliphatic rings. The first-order valence-corrected chi connectivity index (χ1v) is 8.54. The number of rotatable bonds is 6. The van der Waals surface area contributed by atoms with Crippen molar-refractivity contribution >= 4 is 5.91 Å². The van der Waals surface area contributed by atoms with Crippen LogP contribution in [0.5, 0.6) is 23.0 Å². The molecule has 0 saturated carbocycles. The van der Waals surface area contributed by atoms with Crippen LogP contribution in [0.2, 0.25) is 0 Å². The number of amides is 1. The smallest absolute Gasteiger partial charge is 0.251 e. The van der Waals surface area contributed by atoms with E-state index >= 15 is 0 Å². The molecule has 1 aromatic heterocycles. The Morgan fingerprint density at radius 3 is 2.68 bits per heavy atom. The van der Waals surface area contributed by atoms with E-state index in [2.05, 4.69) is 10.5 Å². The highest BCUT2D eigenvalue weighted by Crippen LogP contribution is 2.36. The number of benzene rings is 2. The Hall–Kier alpha value is -3.68. The molecule has 0 bridgehead atoms. The van der Waals surface area contributed by atoms with Gasteiger partial charge in [-0.2, -0.15) is 0 Å². The van der Waals surface area contributed by atoms with Crippen molar-refractivity contribution in [3.63, 3.8) is 0 Å². The third kappa shape index (κ3) is 3.44. The maximum atomic E-state index is 12.4. The first kappa shape index (κ1) is 17.7. The third-order valence-electron chi connectivity index (χ3n) is 4.29. The molecule has 144 valence electrons. The zero-order chi connectivity index (χ0) is 19.5. The molecule has 3 aromatic rings. The summed E-state index contributed by atoms with van der Waals surface area (Å²) >= 11 is 0. The van der Waals surface area contributed by atoms with Gasteiger partial charge in [-0.25, -0.2) is 0 Å². The van der Waals surface area contributed by atoms with Crippen molar-refractivity contribution in [2.75, 3.05) is 21.0 Å². The first-order chi connectivity index (χ1) is 13.7. The molecule has 8 heteroatoms. The number of nitrogens with zero attached hydrogens (tertiary/aromatic N) is 1. The van der Waals surface area contributed by atoms with Gasteiger partial charge < -0.3 is 28.8 Å². The van der Waals surface area contributed by atoms with Crippen molar-refractivity contribution in [2.24, 2.45) is 0 Å². The molecular formula is C20H18N2O6. The molecule has 0 aliphatic carbocycles. The SMILES string of the molecule is COc1ccc(C(=O)NCc2cc(-c3ccc4c(c3)OCO4)on2)cc1OC. The molecule has 0 saturated heterocycles. The van der Waals surface area contributed by atoms with Gasteiger partial charge in [0.05, 0.1) is 20.8 Å². The molecule has 0 unspecified atom stereocenters. The van der Waals surface area contributed by atoms with Gasteiger partial charge in [0.1, 0.15) is 5.69 Å². The van der Waals surface area contributed by atoms with Gasteiger partial charge in [-0.1, -0.05) is 5.16 Å². The van der Waals surface area contributed by atoms with Crippen LogP contribution in [0.15, 0.2) is 47.0 Å². The summed E-state index contributed by atoms with van der Waals surface area (Å²) in [5.74, 6) is 2.73. The summed E-state index contributed by atoms with van der Waals surface area (Å²) < 4.78 is 26.5. The van der Waals surface area contributed by atoms with Crippen LogP contribution >= 0.6 is 0 Å². The van der Waals surface area contributed by atoms with Gasteiger partial charge in [0.25, 0.3) is 5.91 Å². The van der Waals surface area contributed by atoms with E-state index in [0.717, 1.165) is 5.56 Å². The summed E-state index contributed by atoms with van der Waals surface area (Å²) in [6.45, 7) is 0.434. The maximum absolute atomic E-state index is 12.4. The zero-order valence-corrected chi connectivity index (χ0v) is 15.4. The van der Waals surface area contributed by atoms with Gasteiger partial charge in [0.15, 0.2) is 28.8 Å². The lowest BCUT2D eigenvalue weighted by molar-refractivity contribution is 0.0949. The molecule has 0 fully saturated rings. The fourth-order valence-corrected chi connectivity index (χ4v) is 2.83. The molecule has 8 nitrogen and oxygen atoms in total. The number of carbonyl (C=O) groups is 1. The zero-order valence-electron chi connectivity index (χ0n) is 15.4. The lowest BCUT2D eigenvalue weighted by atomic mass is 10.1. The summed E-state index contributed by atoms with van der Waals surface area (Å²) in [6.07, 6.45) is 0. The molecular weight excluding hydrogens is 364 g/mol. The molecule has 0 radical (unpaired) electrons. The van der Waals surface area contributed by atoms with Crippen LogP contribution in [0, 0.1) is 0 Å². The maximum Gasteiger partial charge on any atom is 0.251 e. The van der Waals surface area contributed by atoms with Crippen molar-refractivity contribution in [3.8, 4) is 34.3 Å². The van der Waals surface area contributed by atoms with Crippen molar-refractivity contribution in [3.05, 3.63) is 53.7 Å². The van der Waals surface area contributed by atoms with E-state index in [4.69, 9.17) is 23.5 Å². The molecule has 2 heterocycles. The van der Waals surface area contributed by atoms with Gasteiger partial charge in [0, 0.05) is 17.2 Å². The van der Waals surface area contributed by atoms with Crippen molar-refractivity contribution < 1.29 is 28.3 Å². The second-order valence-electron chi connectivity index (χ2n) is 6.00. The normalized spacial score (nSPS) is 11.9. The predicted molar refractivity (Wildman–Crippen MR) is 98.8 cm³/mol.